The predicted octanol–water partition coefficient (Wildman–Crippen LogP) is 4.74. The van der Waals surface area contributed by atoms with Crippen LogP contribution in [0.25, 0.3) is 11.5 Å². The smallest absolute Gasteiger partial charge is 0.277 e. The third kappa shape index (κ3) is 4.21. The Bertz CT molecular complexity index is 911. The van der Waals surface area contributed by atoms with Crippen molar-refractivity contribution in [3.63, 3.8) is 0 Å². The number of nitrogens with zero attached hydrogens (tertiary/aromatic N) is 2. The van der Waals surface area contributed by atoms with Crippen LogP contribution in [0.15, 0.2) is 52.1 Å². The molecule has 0 fully saturated rings. The van der Waals surface area contributed by atoms with Gasteiger partial charge in [-0.15, -0.1) is 10.2 Å². The third-order valence-electron chi connectivity index (χ3n) is 3.65. The summed E-state index contributed by atoms with van der Waals surface area (Å²) in [6.45, 7) is 3.84. The van der Waals surface area contributed by atoms with E-state index in [2.05, 4.69) is 15.5 Å². The number of aromatic nitrogens is 2. The van der Waals surface area contributed by atoms with E-state index in [0.717, 1.165) is 16.7 Å². The molecule has 0 aliphatic rings. The van der Waals surface area contributed by atoms with Gasteiger partial charge in [0.1, 0.15) is 0 Å². The van der Waals surface area contributed by atoms with Gasteiger partial charge < -0.3 is 9.73 Å². The van der Waals surface area contributed by atoms with Gasteiger partial charge in [0.2, 0.25) is 11.8 Å². The maximum absolute atomic E-state index is 12.1. The van der Waals surface area contributed by atoms with Gasteiger partial charge in [-0.1, -0.05) is 47.6 Å². The van der Waals surface area contributed by atoms with Gasteiger partial charge in [-0.25, -0.2) is 0 Å². The van der Waals surface area contributed by atoms with Crippen LogP contribution in [0.1, 0.15) is 11.1 Å². The lowest BCUT2D eigenvalue weighted by molar-refractivity contribution is -0.113. The largest absolute Gasteiger partial charge is 0.411 e. The lowest BCUT2D eigenvalue weighted by Crippen LogP contribution is -2.14. The molecular weight excluding hydrogens is 358 g/mol. The average molecular weight is 374 g/mol. The molecule has 5 nitrogen and oxygen atoms in total. The summed E-state index contributed by atoms with van der Waals surface area (Å²) in [7, 11) is 0. The van der Waals surface area contributed by atoms with Gasteiger partial charge >= 0.3 is 0 Å². The fourth-order valence-electron chi connectivity index (χ4n) is 2.25. The molecule has 25 heavy (non-hydrogen) atoms. The summed E-state index contributed by atoms with van der Waals surface area (Å²) in [6.07, 6.45) is 0. The number of carbonyl (C=O) groups is 1. The second kappa shape index (κ2) is 7.72. The van der Waals surface area contributed by atoms with Crippen molar-refractivity contribution >= 4 is 35.0 Å². The molecule has 0 spiro atoms. The molecule has 7 heteroatoms. The van der Waals surface area contributed by atoms with Crippen LogP contribution in [0.2, 0.25) is 5.02 Å². The maximum Gasteiger partial charge on any atom is 0.277 e. The fraction of sp³-hybridized carbons (Fsp3) is 0.167. The van der Waals surface area contributed by atoms with Crippen molar-refractivity contribution < 1.29 is 9.21 Å². The highest BCUT2D eigenvalue weighted by Gasteiger charge is 2.13. The number of carbonyl (C=O) groups excluding carboxylic acids is 1. The third-order valence-corrected chi connectivity index (χ3v) is 4.88. The van der Waals surface area contributed by atoms with E-state index in [0.29, 0.717) is 21.8 Å². The van der Waals surface area contributed by atoms with Crippen LogP contribution in [0.5, 0.6) is 0 Å². The SMILES string of the molecule is Cc1ccccc1-c1nnc(SCC(=O)Nc2cccc(Cl)c2C)o1. The minimum Gasteiger partial charge on any atom is -0.411 e. The van der Waals surface area contributed by atoms with Gasteiger partial charge in [0.05, 0.1) is 5.75 Å². The first-order chi connectivity index (χ1) is 12.0. The van der Waals surface area contributed by atoms with Gasteiger partial charge in [-0.2, -0.15) is 0 Å². The molecule has 3 aromatic rings. The molecule has 0 saturated carbocycles. The van der Waals surface area contributed by atoms with Crippen LogP contribution in [-0.2, 0) is 4.79 Å². The minimum atomic E-state index is -0.161. The number of benzene rings is 2. The maximum atomic E-state index is 12.1. The molecule has 0 atom stereocenters. The van der Waals surface area contributed by atoms with E-state index >= 15 is 0 Å². The van der Waals surface area contributed by atoms with Crippen LogP contribution >= 0.6 is 23.4 Å². The van der Waals surface area contributed by atoms with Gasteiger partial charge in [-0.05, 0) is 43.2 Å². The van der Waals surface area contributed by atoms with E-state index in [-0.39, 0.29) is 11.7 Å². The standard InChI is InChI=1S/C18H16ClN3O2S/c1-11-6-3-4-7-13(11)17-21-22-18(24-17)25-10-16(23)20-15-9-5-8-14(19)12(15)2/h3-9H,10H2,1-2H3,(H,20,23). The summed E-state index contributed by atoms with van der Waals surface area (Å²) < 4.78 is 5.63. The quantitative estimate of drug-likeness (QED) is 0.654. The zero-order valence-corrected chi connectivity index (χ0v) is 15.3. The van der Waals surface area contributed by atoms with E-state index in [1.807, 2.05) is 44.2 Å². The highest BCUT2D eigenvalue weighted by atomic mass is 35.5. The molecular formula is C18H16ClN3O2S. The summed E-state index contributed by atoms with van der Waals surface area (Å²) in [4.78, 5) is 12.1. The van der Waals surface area contributed by atoms with E-state index < -0.39 is 0 Å². The van der Waals surface area contributed by atoms with Crippen LogP contribution < -0.4 is 5.32 Å². The molecule has 0 radical (unpaired) electrons. The molecule has 1 heterocycles. The second-order valence-electron chi connectivity index (χ2n) is 5.44. The van der Waals surface area contributed by atoms with Crippen LogP contribution in [0, 0.1) is 13.8 Å². The van der Waals surface area contributed by atoms with Gasteiger partial charge in [0.15, 0.2) is 0 Å². The Labute approximate surface area is 154 Å². The van der Waals surface area contributed by atoms with E-state index in [1.165, 1.54) is 11.8 Å². The topological polar surface area (TPSA) is 68.0 Å². The number of anilines is 1. The van der Waals surface area contributed by atoms with E-state index in [1.54, 1.807) is 12.1 Å². The first kappa shape index (κ1) is 17.5. The van der Waals surface area contributed by atoms with Crippen molar-refractivity contribution in [2.24, 2.45) is 0 Å². The Morgan fingerprint density at radius 3 is 2.76 bits per heavy atom. The van der Waals surface area contributed by atoms with E-state index in [9.17, 15) is 4.79 Å². The summed E-state index contributed by atoms with van der Waals surface area (Å²) in [5.41, 5.74) is 3.48. The van der Waals surface area contributed by atoms with Crippen LogP contribution in [0.3, 0.4) is 0 Å². The number of nitrogens with one attached hydrogen (secondary N) is 1. The number of thioether (sulfide) groups is 1. The highest BCUT2D eigenvalue weighted by molar-refractivity contribution is 7.99. The Morgan fingerprint density at radius 2 is 1.96 bits per heavy atom. The molecule has 0 unspecified atom stereocenters. The Kier molecular flexibility index (Phi) is 5.40. The Morgan fingerprint density at radius 1 is 1.16 bits per heavy atom. The number of hydrogen-bond donors (Lipinski definition) is 1. The van der Waals surface area contributed by atoms with Crippen molar-refractivity contribution in [3.8, 4) is 11.5 Å². The zero-order chi connectivity index (χ0) is 17.8. The molecule has 0 aliphatic heterocycles. The molecule has 3 rings (SSSR count). The highest BCUT2D eigenvalue weighted by Crippen LogP contribution is 2.26. The average Bonchev–Trinajstić information content (AvgIpc) is 3.06. The molecule has 1 aromatic heterocycles. The van der Waals surface area contributed by atoms with E-state index in [4.69, 9.17) is 16.0 Å². The fourth-order valence-corrected chi connectivity index (χ4v) is 2.98. The van der Waals surface area contributed by atoms with Crippen molar-refractivity contribution in [2.75, 3.05) is 11.1 Å². The van der Waals surface area contributed by atoms with Crippen LogP contribution in [-0.4, -0.2) is 21.9 Å². The van der Waals surface area contributed by atoms with Crippen LogP contribution in [0.4, 0.5) is 5.69 Å². The molecule has 128 valence electrons. The number of aryl methyl sites for hydroxylation is 1. The van der Waals surface area contributed by atoms with Crippen molar-refractivity contribution in [2.45, 2.75) is 19.1 Å². The van der Waals surface area contributed by atoms with Gasteiger partial charge in [0.25, 0.3) is 5.22 Å². The first-order valence-electron chi connectivity index (χ1n) is 7.62. The number of halogens is 1. The molecule has 1 amide bonds. The number of amides is 1. The summed E-state index contributed by atoms with van der Waals surface area (Å²) in [5.74, 6) is 0.458. The zero-order valence-electron chi connectivity index (χ0n) is 13.7. The van der Waals surface area contributed by atoms with Crippen molar-refractivity contribution in [1.29, 1.82) is 0 Å². The molecule has 0 aliphatic carbocycles. The summed E-state index contributed by atoms with van der Waals surface area (Å²) >= 11 is 7.25. The molecule has 0 bridgehead atoms. The summed E-state index contributed by atoms with van der Waals surface area (Å²) in [5, 5.41) is 11.8. The molecule has 2 aromatic carbocycles. The summed E-state index contributed by atoms with van der Waals surface area (Å²) in [6, 6.07) is 13.2. The second-order valence-corrected chi connectivity index (χ2v) is 6.77. The lowest BCUT2D eigenvalue weighted by Gasteiger charge is -2.08. The van der Waals surface area contributed by atoms with Crippen molar-refractivity contribution in [1.82, 2.24) is 10.2 Å². The normalized spacial score (nSPS) is 10.7. The predicted molar refractivity (Wildman–Crippen MR) is 100 cm³/mol. The monoisotopic (exact) mass is 373 g/mol. The molecule has 0 saturated heterocycles. The minimum absolute atomic E-state index is 0.161. The van der Waals surface area contributed by atoms with Gasteiger partial charge in [-0.3, -0.25) is 4.79 Å². The van der Waals surface area contributed by atoms with Crippen molar-refractivity contribution in [3.05, 3.63) is 58.6 Å². The number of rotatable bonds is 5. The molecule has 1 N–H and O–H groups in total. The Hall–Kier alpha value is -2.31. The lowest BCUT2D eigenvalue weighted by atomic mass is 10.1. The van der Waals surface area contributed by atoms with Gasteiger partial charge in [0, 0.05) is 16.3 Å². The Balaban J connectivity index is 1.62. The first-order valence-corrected chi connectivity index (χ1v) is 8.98. The number of hydrogen-bond acceptors (Lipinski definition) is 5.